The normalized spacial score (nSPS) is 16.4. The predicted octanol–water partition coefficient (Wildman–Crippen LogP) is 2.64. The molecule has 84 valence electrons. The maximum Gasteiger partial charge on any atom is 0.235 e. The van der Waals surface area contributed by atoms with Gasteiger partial charge in [0.25, 0.3) is 0 Å². The van der Waals surface area contributed by atoms with Gasteiger partial charge in [0.05, 0.1) is 12.6 Å². The number of carbonyl (C=O) groups excluding carboxylic acids is 1. The first-order chi connectivity index (χ1) is 7.63. The van der Waals surface area contributed by atoms with Crippen molar-refractivity contribution in [2.75, 3.05) is 7.11 Å². The summed E-state index contributed by atoms with van der Waals surface area (Å²) in [5.41, 5.74) is 3.06. The quantitative estimate of drug-likeness (QED) is 0.576. The fraction of sp³-hybridized carbons (Fsp3) is 0.462. The Morgan fingerprint density at radius 1 is 1.38 bits per heavy atom. The Morgan fingerprint density at radius 2 is 2.06 bits per heavy atom. The molecule has 0 unspecified atom stereocenters. The summed E-state index contributed by atoms with van der Waals surface area (Å²) in [6, 6.07) is 4.07. The van der Waals surface area contributed by atoms with E-state index in [4.69, 9.17) is 4.74 Å². The molecule has 0 bridgehead atoms. The van der Waals surface area contributed by atoms with Crippen molar-refractivity contribution in [3.8, 4) is 5.75 Å². The Labute approximate surface area is 95.2 Å². The van der Waals surface area contributed by atoms with Crippen molar-refractivity contribution < 1.29 is 9.53 Å². The number of hydrogen-bond acceptors (Lipinski definition) is 3. The first kappa shape index (κ1) is 10.9. The number of hydrogen-bond donors (Lipinski definition) is 0. The van der Waals surface area contributed by atoms with Crippen molar-refractivity contribution in [3.63, 3.8) is 0 Å². The predicted molar refractivity (Wildman–Crippen MR) is 61.5 cm³/mol. The number of rotatable bonds is 3. The zero-order valence-corrected chi connectivity index (χ0v) is 9.83. The van der Waals surface area contributed by atoms with Crippen LogP contribution in [-0.4, -0.2) is 13.2 Å². The van der Waals surface area contributed by atoms with Crippen LogP contribution in [0.15, 0.2) is 17.1 Å². The molecule has 1 aliphatic rings. The fourth-order valence-electron chi connectivity index (χ4n) is 1.98. The third kappa shape index (κ3) is 1.63. The maximum atomic E-state index is 10.4. The molecule has 1 aliphatic carbocycles. The summed E-state index contributed by atoms with van der Waals surface area (Å²) >= 11 is 0. The van der Waals surface area contributed by atoms with Gasteiger partial charge in [-0.2, -0.15) is 4.99 Å². The lowest BCUT2D eigenvalue weighted by Crippen LogP contribution is -2.04. The zero-order chi connectivity index (χ0) is 11.8. The van der Waals surface area contributed by atoms with Crippen LogP contribution in [0.3, 0.4) is 0 Å². The van der Waals surface area contributed by atoms with Gasteiger partial charge >= 0.3 is 0 Å². The fourth-order valence-corrected chi connectivity index (χ4v) is 1.98. The van der Waals surface area contributed by atoms with Gasteiger partial charge in [-0.15, -0.1) is 0 Å². The van der Waals surface area contributed by atoms with Crippen molar-refractivity contribution in [2.24, 2.45) is 4.99 Å². The van der Waals surface area contributed by atoms with Crippen molar-refractivity contribution in [2.45, 2.75) is 32.2 Å². The Kier molecular flexibility index (Phi) is 2.56. The van der Waals surface area contributed by atoms with E-state index in [0.29, 0.717) is 0 Å². The average Bonchev–Trinajstić information content (AvgIpc) is 3.03. The summed E-state index contributed by atoms with van der Waals surface area (Å²) in [6.07, 6.45) is 3.52. The van der Waals surface area contributed by atoms with E-state index in [1.54, 1.807) is 13.2 Å². The van der Waals surface area contributed by atoms with E-state index < -0.39 is 0 Å². The number of aryl methyl sites for hydroxylation is 1. The average molecular weight is 217 g/mol. The summed E-state index contributed by atoms with van der Waals surface area (Å²) in [6.45, 7) is 4.07. The molecule has 0 radical (unpaired) electrons. The minimum absolute atomic E-state index is 0.312. The zero-order valence-electron chi connectivity index (χ0n) is 9.83. The monoisotopic (exact) mass is 217 g/mol. The van der Waals surface area contributed by atoms with E-state index in [-0.39, 0.29) is 5.54 Å². The van der Waals surface area contributed by atoms with Crippen molar-refractivity contribution >= 4 is 6.08 Å². The van der Waals surface area contributed by atoms with Crippen LogP contribution in [0.4, 0.5) is 0 Å². The van der Waals surface area contributed by atoms with Gasteiger partial charge in [-0.05, 0) is 49.4 Å². The molecule has 3 heteroatoms. The van der Waals surface area contributed by atoms with Crippen LogP contribution >= 0.6 is 0 Å². The van der Waals surface area contributed by atoms with Gasteiger partial charge in [0.2, 0.25) is 6.08 Å². The second-order valence-corrected chi connectivity index (χ2v) is 4.36. The second-order valence-electron chi connectivity index (χ2n) is 4.36. The van der Waals surface area contributed by atoms with Gasteiger partial charge in [0.1, 0.15) is 5.75 Å². The number of ether oxygens (including phenoxy) is 1. The van der Waals surface area contributed by atoms with Crippen LogP contribution in [0.25, 0.3) is 0 Å². The topological polar surface area (TPSA) is 38.7 Å². The number of aliphatic imine (C=N–C) groups is 1. The molecule has 0 heterocycles. The molecular formula is C13H15NO2. The van der Waals surface area contributed by atoms with E-state index in [2.05, 4.69) is 11.1 Å². The van der Waals surface area contributed by atoms with Gasteiger partial charge in [-0.1, -0.05) is 6.07 Å². The molecule has 1 saturated carbocycles. The van der Waals surface area contributed by atoms with Gasteiger partial charge in [0.15, 0.2) is 0 Å². The van der Waals surface area contributed by atoms with E-state index in [9.17, 15) is 4.79 Å². The van der Waals surface area contributed by atoms with E-state index >= 15 is 0 Å². The minimum Gasteiger partial charge on any atom is -0.496 e. The lowest BCUT2D eigenvalue weighted by Gasteiger charge is -2.14. The molecule has 0 spiro atoms. The number of methoxy groups -OCH3 is 1. The third-order valence-electron chi connectivity index (χ3n) is 3.36. The molecule has 1 aromatic carbocycles. The lowest BCUT2D eigenvalue weighted by atomic mass is 9.99. The minimum atomic E-state index is -0.312. The highest BCUT2D eigenvalue weighted by atomic mass is 16.5. The number of isocyanates is 1. The van der Waals surface area contributed by atoms with Crippen molar-refractivity contribution in [1.82, 2.24) is 0 Å². The van der Waals surface area contributed by atoms with Gasteiger partial charge < -0.3 is 4.74 Å². The Balaban J connectivity index is 2.51. The highest BCUT2D eigenvalue weighted by molar-refractivity contribution is 5.48. The molecule has 0 atom stereocenters. The van der Waals surface area contributed by atoms with Crippen molar-refractivity contribution in [3.05, 3.63) is 28.8 Å². The summed E-state index contributed by atoms with van der Waals surface area (Å²) in [5.74, 6) is 0.863. The summed E-state index contributed by atoms with van der Waals surface area (Å²) < 4.78 is 5.33. The summed E-state index contributed by atoms with van der Waals surface area (Å²) in [5, 5.41) is 0. The highest BCUT2D eigenvalue weighted by Gasteiger charge is 2.45. The van der Waals surface area contributed by atoms with Gasteiger partial charge in [-0.3, -0.25) is 0 Å². The molecule has 0 aromatic heterocycles. The second kappa shape index (κ2) is 3.76. The van der Waals surface area contributed by atoms with E-state index in [1.165, 1.54) is 5.56 Å². The Morgan fingerprint density at radius 3 is 2.56 bits per heavy atom. The molecule has 2 rings (SSSR count). The van der Waals surface area contributed by atoms with Crippen LogP contribution in [0, 0.1) is 13.8 Å². The lowest BCUT2D eigenvalue weighted by molar-refractivity contribution is 0.410. The SMILES string of the molecule is COc1cc(C2(N=C=O)CC2)cc(C)c1C. The van der Waals surface area contributed by atoms with E-state index in [0.717, 1.165) is 29.7 Å². The summed E-state index contributed by atoms with van der Waals surface area (Å²) in [4.78, 5) is 14.3. The number of benzene rings is 1. The Bertz CT molecular complexity index is 469. The van der Waals surface area contributed by atoms with Crippen LogP contribution in [-0.2, 0) is 10.3 Å². The van der Waals surface area contributed by atoms with Gasteiger partial charge in [-0.25, -0.2) is 4.79 Å². The van der Waals surface area contributed by atoms with Crippen LogP contribution in [0.2, 0.25) is 0 Å². The Hall–Kier alpha value is -1.60. The summed E-state index contributed by atoms with van der Waals surface area (Å²) in [7, 11) is 1.66. The molecule has 0 aliphatic heterocycles. The molecule has 16 heavy (non-hydrogen) atoms. The molecule has 0 amide bonds. The molecule has 1 aromatic rings. The smallest absolute Gasteiger partial charge is 0.235 e. The first-order valence-corrected chi connectivity index (χ1v) is 5.38. The van der Waals surface area contributed by atoms with E-state index in [1.807, 2.05) is 19.9 Å². The molecule has 1 fully saturated rings. The number of nitrogens with zero attached hydrogens (tertiary/aromatic N) is 1. The first-order valence-electron chi connectivity index (χ1n) is 5.38. The standard InChI is InChI=1S/C13H15NO2/c1-9-6-11(7-12(16-3)10(9)2)13(4-5-13)14-8-15/h6-7H,4-5H2,1-3H3. The van der Waals surface area contributed by atoms with Crippen LogP contribution < -0.4 is 4.74 Å². The van der Waals surface area contributed by atoms with Gasteiger partial charge in [0, 0.05) is 0 Å². The largest absolute Gasteiger partial charge is 0.496 e. The van der Waals surface area contributed by atoms with Crippen LogP contribution in [0.1, 0.15) is 29.5 Å². The molecule has 0 N–H and O–H groups in total. The third-order valence-corrected chi connectivity index (χ3v) is 3.36. The highest BCUT2D eigenvalue weighted by Crippen LogP contribution is 2.50. The molecule has 3 nitrogen and oxygen atoms in total. The van der Waals surface area contributed by atoms with Crippen molar-refractivity contribution in [1.29, 1.82) is 0 Å². The van der Waals surface area contributed by atoms with Crippen LogP contribution in [0.5, 0.6) is 5.75 Å². The molecule has 0 saturated heterocycles. The maximum absolute atomic E-state index is 10.4. The molecular weight excluding hydrogens is 202 g/mol.